The lowest BCUT2D eigenvalue weighted by Crippen LogP contribution is -2.44. The predicted molar refractivity (Wildman–Crippen MR) is 118 cm³/mol. The molecule has 0 spiro atoms. The quantitative estimate of drug-likeness (QED) is 0.721. The van der Waals surface area contributed by atoms with Gasteiger partial charge in [0.25, 0.3) is 0 Å². The number of rotatable bonds is 4. The van der Waals surface area contributed by atoms with Crippen LogP contribution in [0.2, 0.25) is 0 Å². The summed E-state index contributed by atoms with van der Waals surface area (Å²) >= 11 is 0. The average molecular weight is 391 g/mol. The van der Waals surface area contributed by atoms with Gasteiger partial charge in [-0.2, -0.15) is 0 Å². The van der Waals surface area contributed by atoms with Gasteiger partial charge in [0, 0.05) is 49.2 Å². The van der Waals surface area contributed by atoms with Gasteiger partial charge in [0.2, 0.25) is 5.95 Å². The maximum atomic E-state index is 4.80. The Bertz CT molecular complexity index is 949. The Morgan fingerprint density at radius 2 is 1.66 bits per heavy atom. The van der Waals surface area contributed by atoms with Gasteiger partial charge in [0.05, 0.1) is 11.7 Å². The van der Waals surface area contributed by atoms with E-state index in [4.69, 9.17) is 5.10 Å². The number of benzene rings is 1. The van der Waals surface area contributed by atoms with E-state index in [2.05, 4.69) is 68.1 Å². The van der Waals surface area contributed by atoms with Gasteiger partial charge in [-0.25, -0.2) is 9.50 Å². The molecule has 0 atom stereocenters. The molecule has 2 fully saturated rings. The van der Waals surface area contributed by atoms with Crippen molar-refractivity contribution in [2.45, 2.75) is 38.0 Å². The Labute approximate surface area is 172 Å². The van der Waals surface area contributed by atoms with Crippen molar-refractivity contribution >= 4 is 22.8 Å². The lowest BCUT2D eigenvalue weighted by atomic mass is 9.87. The summed E-state index contributed by atoms with van der Waals surface area (Å²) in [6.45, 7) is 4.41. The summed E-state index contributed by atoms with van der Waals surface area (Å²) in [6, 6.07) is 13.0. The van der Waals surface area contributed by atoms with Gasteiger partial charge in [-0.3, -0.25) is 0 Å². The lowest BCUT2D eigenvalue weighted by Gasteiger charge is -2.34. The Hall–Kier alpha value is -2.60. The molecular formula is C23H30N6. The molecule has 3 aromatic rings. The molecular weight excluding hydrogens is 360 g/mol. The maximum absolute atomic E-state index is 4.80. The zero-order valence-electron chi connectivity index (χ0n) is 17.2. The van der Waals surface area contributed by atoms with Crippen molar-refractivity contribution in [1.82, 2.24) is 19.5 Å². The van der Waals surface area contributed by atoms with Gasteiger partial charge in [-0.05, 0) is 56.3 Å². The molecule has 1 N–H and O–H groups in total. The SMILES string of the molecule is CN1CCN(c2ccc(Nc3ncc4ccc(C5CCCCC5)n4n3)cc2)CC1. The third-order valence-electron chi connectivity index (χ3n) is 6.44. The summed E-state index contributed by atoms with van der Waals surface area (Å²) in [4.78, 5) is 9.35. The van der Waals surface area contributed by atoms with Crippen LogP contribution in [0.25, 0.3) is 5.52 Å². The first kappa shape index (κ1) is 18.4. The zero-order chi connectivity index (χ0) is 19.6. The van der Waals surface area contributed by atoms with Crippen LogP contribution in [0, 0.1) is 0 Å². The Morgan fingerprint density at radius 3 is 2.41 bits per heavy atom. The highest BCUT2D eigenvalue weighted by Crippen LogP contribution is 2.33. The highest BCUT2D eigenvalue weighted by atomic mass is 15.3. The molecule has 3 heterocycles. The van der Waals surface area contributed by atoms with Crippen LogP contribution < -0.4 is 10.2 Å². The van der Waals surface area contributed by atoms with E-state index < -0.39 is 0 Å². The molecule has 0 amide bonds. The second kappa shape index (κ2) is 8.03. The van der Waals surface area contributed by atoms with Gasteiger partial charge < -0.3 is 15.1 Å². The van der Waals surface area contributed by atoms with Crippen LogP contribution in [0.4, 0.5) is 17.3 Å². The fourth-order valence-corrected chi connectivity index (χ4v) is 4.64. The molecule has 1 aromatic carbocycles. The zero-order valence-corrected chi connectivity index (χ0v) is 17.2. The lowest BCUT2D eigenvalue weighted by molar-refractivity contribution is 0.313. The number of anilines is 3. The van der Waals surface area contributed by atoms with E-state index in [1.165, 1.54) is 43.5 Å². The van der Waals surface area contributed by atoms with Crippen molar-refractivity contribution in [2.24, 2.45) is 0 Å². The number of hydrogen-bond donors (Lipinski definition) is 1. The van der Waals surface area contributed by atoms with E-state index in [1.807, 2.05) is 6.20 Å². The predicted octanol–water partition coefficient (Wildman–Crippen LogP) is 4.27. The monoisotopic (exact) mass is 390 g/mol. The van der Waals surface area contributed by atoms with Crippen LogP contribution in [0.15, 0.2) is 42.6 Å². The minimum atomic E-state index is 0.622. The first-order chi connectivity index (χ1) is 14.3. The molecule has 1 aliphatic carbocycles. The van der Waals surface area contributed by atoms with Gasteiger partial charge in [-0.15, -0.1) is 5.10 Å². The van der Waals surface area contributed by atoms with Crippen molar-refractivity contribution in [2.75, 3.05) is 43.4 Å². The van der Waals surface area contributed by atoms with E-state index in [1.54, 1.807) is 0 Å². The summed E-state index contributed by atoms with van der Waals surface area (Å²) in [7, 11) is 2.19. The van der Waals surface area contributed by atoms with Crippen molar-refractivity contribution in [1.29, 1.82) is 0 Å². The van der Waals surface area contributed by atoms with Crippen LogP contribution in [-0.4, -0.2) is 52.7 Å². The number of nitrogens with one attached hydrogen (secondary N) is 1. The Morgan fingerprint density at radius 1 is 0.897 bits per heavy atom. The van der Waals surface area contributed by atoms with Crippen LogP contribution in [-0.2, 0) is 0 Å². The van der Waals surface area contributed by atoms with Crippen molar-refractivity contribution in [3.63, 3.8) is 0 Å². The molecule has 0 bridgehead atoms. The number of nitrogens with zero attached hydrogens (tertiary/aromatic N) is 5. The van der Waals surface area contributed by atoms with Crippen LogP contribution >= 0.6 is 0 Å². The summed E-state index contributed by atoms with van der Waals surface area (Å²) in [6.07, 6.45) is 8.48. The first-order valence-electron chi connectivity index (χ1n) is 10.9. The second-order valence-corrected chi connectivity index (χ2v) is 8.47. The summed E-state index contributed by atoms with van der Waals surface area (Å²) in [5.74, 6) is 1.27. The summed E-state index contributed by atoms with van der Waals surface area (Å²) in [5, 5.41) is 8.19. The van der Waals surface area contributed by atoms with Crippen LogP contribution in [0.5, 0.6) is 0 Å². The van der Waals surface area contributed by atoms with E-state index in [0.717, 1.165) is 37.4 Å². The molecule has 29 heavy (non-hydrogen) atoms. The number of fused-ring (bicyclic) bond motifs is 1. The number of hydrogen-bond acceptors (Lipinski definition) is 5. The molecule has 1 saturated carbocycles. The Kier molecular flexibility index (Phi) is 5.10. The van der Waals surface area contributed by atoms with Crippen LogP contribution in [0.3, 0.4) is 0 Å². The number of piperazine rings is 1. The smallest absolute Gasteiger partial charge is 0.245 e. The van der Waals surface area contributed by atoms with E-state index in [9.17, 15) is 0 Å². The van der Waals surface area contributed by atoms with Gasteiger partial charge in [-0.1, -0.05) is 19.3 Å². The molecule has 1 saturated heterocycles. The van der Waals surface area contributed by atoms with Crippen molar-refractivity contribution in [3.05, 3.63) is 48.3 Å². The fourth-order valence-electron chi connectivity index (χ4n) is 4.64. The van der Waals surface area contributed by atoms with Crippen molar-refractivity contribution in [3.8, 4) is 0 Å². The standard InChI is InChI=1S/C23H30N6/c1-27-13-15-28(16-14-27)20-9-7-19(8-10-20)25-23-24-17-21-11-12-22(29(21)26-23)18-5-3-2-4-6-18/h7-12,17-18H,2-6,13-16H2,1H3,(H,25,26). The average Bonchev–Trinajstić information content (AvgIpc) is 3.19. The van der Waals surface area contributed by atoms with E-state index in [-0.39, 0.29) is 0 Å². The highest BCUT2D eigenvalue weighted by molar-refractivity contribution is 5.60. The number of likely N-dealkylation sites (N-methyl/N-ethyl adjacent to an activating group) is 1. The summed E-state index contributed by atoms with van der Waals surface area (Å²) < 4.78 is 2.09. The van der Waals surface area contributed by atoms with Gasteiger partial charge in [0.1, 0.15) is 0 Å². The fraction of sp³-hybridized carbons (Fsp3) is 0.478. The summed E-state index contributed by atoms with van der Waals surface area (Å²) in [5.41, 5.74) is 4.70. The van der Waals surface area contributed by atoms with Crippen LogP contribution in [0.1, 0.15) is 43.7 Å². The topological polar surface area (TPSA) is 48.7 Å². The molecule has 0 radical (unpaired) electrons. The third kappa shape index (κ3) is 3.94. The normalized spacial score (nSPS) is 19.0. The molecule has 1 aliphatic heterocycles. The van der Waals surface area contributed by atoms with E-state index >= 15 is 0 Å². The third-order valence-corrected chi connectivity index (χ3v) is 6.44. The minimum Gasteiger partial charge on any atom is -0.369 e. The molecule has 0 unspecified atom stereocenters. The largest absolute Gasteiger partial charge is 0.369 e. The van der Waals surface area contributed by atoms with Gasteiger partial charge >= 0.3 is 0 Å². The molecule has 6 heteroatoms. The molecule has 2 aliphatic rings. The molecule has 6 nitrogen and oxygen atoms in total. The number of aromatic nitrogens is 3. The maximum Gasteiger partial charge on any atom is 0.245 e. The first-order valence-corrected chi connectivity index (χ1v) is 10.9. The molecule has 5 rings (SSSR count). The minimum absolute atomic E-state index is 0.622. The molecule has 152 valence electrons. The second-order valence-electron chi connectivity index (χ2n) is 8.47. The van der Waals surface area contributed by atoms with Gasteiger partial charge in [0.15, 0.2) is 0 Å². The van der Waals surface area contributed by atoms with Crippen molar-refractivity contribution < 1.29 is 0 Å². The molecule has 2 aromatic heterocycles. The highest BCUT2D eigenvalue weighted by Gasteiger charge is 2.19. The van der Waals surface area contributed by atoms with E-state index in [0.29, 0.717) is 11.9 Å². The Balaban J connectivity index is 1.32.